The van der Waals surface area contributed by atoms with E-state index in [1.807, 2.05) is 25.3 Å². The molecular formula is C22H22FNO4S2. The van der Waals surface area contributed by atoms with Crippen LogP contribution < -0.4 is 4.18 Å². The summed E-state index contributed by atoms with van der Waals surface area (Å²) in [6, 6.07) is 14.6. The number of benzene rings is 2. The molecule has 1 heterocycles. The smallest absolute Gasteiger partial charge is 0.339 e. The molecule has 0 fully saturated rings. The summed E-state index contributed by atoms with van der Waals surface area (Å²) in [4.78, 5) is 15.1. The summed E-state index contributed by atoms with van der Waals surface area (Å²) in [5, 5.41) is 1.87. The maximum atomic E-state index is 13.0. The fourth-order valence-electron chi connectivity index (χ4n) is 2.86. The van der Waals surface area contributed by atoms with Crippen molar-refractivity contribution in [1.82, 2.24) is 4.90 Å². The van der Waals surface area contributed by atoms with Crippen LogP contribution in [0.1, 0.15) is 29.1 Å². The molecule has 1 aromatic heterocycles. The van der Waals surface area contributed by atoms with E-state index < -0.39 is 15.9 Å². The molecular weight excluding hydrogens is 425 g/mol. The molecule has 0 bridgehead atoms. The minimum Gasteiger partial charge on any atom is -0.379 e. The van der Waals surface area contributed by atoms with Crippen LogP contribution in [-0.4, -0.2) is 25.8 Å². The van der Waals surface area contributed by atoms with Crippen molar-refractivity contribution in [3.8, 4) is 5.75 Å². The van der Waals surface area contributed by atoms with Gasteiger partial charge in [-0.05, 0) is 59.3 Å². The first-order chi connectivity index (χ1) is 14.2. The predicted molar refractivity (Wildman–Crippen MR) is 115 cm³/mol. The van der Waals surface area contributed by atoms with Gasteiger partial charge in [-0.1, -0.05) is 32.0 Å². The van der Waals surface area contributed by atoms with Gasteiger partial charge < -0.3 is 9.08 Å². The molecule has 3 rings (SSSR count). The Kier molecular flexibility index (Phi) is 6.89. The van der Waals surface area contributed by atoms with Crippen molar-refractivity contribution < 1.29 is 21.8 Å². The molecule has 2 aromatic carbocycles. The van der Waals surface area contributed by atoms with Gasteiger partial charge in [0.1, 0.15) is 16.5 Å². The van der Waals surface area contributed by atoms with Crippen LogP contribution in [0.3, 0.4) is 0 Å². The molecule has 0 aliphatic heterocycles. The summed E-state index contributed by atoms with van der Waals surface area (Å²) >= 11 is 1.40. The van der Waals surface area contributed by atoms with E-state index in [1.165, 1.54) is 11.3 Å². The molecule has 0 unspecified atom stereocenters. The second kappa shape index (κ2) is 9.40. The molecule has 0 N–H and O–H groups in total. The van der Waals surface area contributed by atoms with Crippen molar-refractivity contribution in [3.63, 3.8) is 0 Å². The third-order valence-corrected chi connectivity index (χ3v) is 6.33. The van der Waals surface area contributed by atoms with E-state index in [0.717, 1.165) is 29.8 Å². The maximum absolute atomic E-state index is 13.0. The molecule has 0 saturated carbocycles. The van der Waals surface area contributed by atoms with Gasteiger partial charge in [-0.25, -0.2) is 4.39 Å². The lowest BCUT2D eigenvalue weighted by Gasteiger charge is -2.24. The Labute approximate surface area is 179 Å². The fourth-order valence-corrected chi connectivity index (χ4v) is 4.48. The summed E-state index contributed by atoms with van der Waals surface area (Å²) in [6.07, 6.45) is 0. The summed E-state index contributed by atoms with van der Waals surface area (Å²) in [5.74, 6) is -0.111. The van der Waals surface area contributed by atoms with Crippen molar-refractivity contribution in [2.24, 2.45) is 5.92 Å². The van der Waals surface area contributed by atoms with E-state index in [1.54, 1.807) is 35.2 Å². The highest BCUT2D eigenvalue weighted by molar-refractivity contribution is 7.87. The standard InChI is InChI=1S/C22H22FNO4S2/c1-16(2)14-24(22(25)21-4-3-13-29-21)15-17-5-9-19(10-6-17)28-30(26,27)20-11-7-18(23)8-12-20/h3-13,16H,14-15H2,1-2H3. The maximum Gasteiger partial charge on any atom is 0.339 e. The second-order valence-electron chi connectivity index (χ2n) is 7.19. The molecule has 0 spiro atoms. The summed E-state index contributed by atoms with van der Waals surface area (Å²) in [5.41, 5.74) is 0.854. The number of rotatable bonds is 8. The summed E-state index contributed by atoms with van der Waals surface area (Å²) < 4.78 is 42.8. The first-order valence-corrected chi connectivity index (χ1v) is 11.6. The first-order valence-electron chi connectivity index (χ1n) is 9.36. The van der Waals surface area contributed by atoms with Gasteiger partial charge in [-0.2, -0.15) is 8.42 Å². The van der Waals surface area contributed by atoms with Gasteiger partial charge in [0.05, 0.1) is 4.88 Å². The molecule has 158 valence electrons. The van der Waals surface area contributed by atoms with Gasteiger partial charge in [0.25, 0.3) is 5.91 Å². The Hall–Kier alpha value is -2.71. The number of carbonyl (C=O) groups is 1. The molecule has 0 aliphatic rings. The fraction of sp³-hybridized carbons (Fsp3) is 0.227. The molecule has 8 heteroatoms. The minimum atomic E-state index is -4.05. The van der Waals surface area contributed by atoms with Crippen molar-refractivity contribution in [2.45, 2.75) is 25.3 Å². The van der Waals surface area contributed by atoms with Crippen molar-refractivity contribution >= 4 is 27.4 Å². The van der Waals surface area contributed by atoms with Crippen LogP contribution >= 0.6 is 11.3 Å². The number of hydrogen-bond acceptors (Lipinski definition) is 5. The quantitative estimate of drug-likeness (QED) is 0.458. The van der Waals surface area contributed by atoms with Crippen molar-refractivity contribution in [2.75, 3.05) is 6.54 Å². The average molecular weight is 448 g/mol. The Morgan fingerprint density at radius 2 is 1.73 bits per heavy atom. The van der Waals surface area contributed by atoms with Crippen LogP contribution in [0.4, 0.5) is 4.39 Å². The normalized spacial score (nSPS) is 11.5. The third kappa shape index (κ3) is 5.67. The lowest BCUT2D eigenvalue weighted by molar-refractivity contribution is 0.0727. The number of halogens is 1. The molecule has 3 aromatic rings. The highest BCUT2D eigenvalue weighted by Gasteiger charge is 2.19. The van der Waals surface area contributed by atoms with Gasteiger partial charge in [0.2, 0.25) is 0 Å². The third-order valence-electron chi connectivity index (χ3n) is 4.21. The SMILES string of the molecule is CC(C)CN(Cc1ccc(OS(=O)(=O)c2ccc(F)cc2)cc1)C(=O)c1cccs1. The molecule has 0 saturated heterocycles. The largest absolute Gasteiger partial charge is 0.379 e. The van der Waals surface area contributed by atoms with E-state index in [4.69, 9.17) is 4.18 Å². The zero-order valence-corrected chi connectivity index (χ0v) is 18.3. The van der Waals surface area contributed by atoms with Crippen LogP contribution in [0.15, 0.2) is 70.9 Å². The van der Waals surface area contributed by atoms with Crippen LogP contribution in [0.25, 0.3) is 0 Å². The zero-order valence-electron chi connectivity index (χ0n) is 16.6. The molecule has 0 radical (unpaired) electrons. The first kappa shape index (κ1) is 22.0. The van der Waals surface area contributed by atoms with Crippen LogP contribution in [0.2, 0.25) is 0 Å². The average Bonchev–Trinajstić information content (AvgIpc) is 3.23. The number of nitrogens with zero attached hydrogens (tertiary/aromatic N) is 1. The molecule has 30 heavy (non-hydrogen) atoms. The van der Waals surface area contributed by atoms with E-state index in [9.17, 15) is 17.6 Å². The van der Waals surface area contributed by atoms with Crippen molar-refractivity contribution in [1.29, 1.82) is 0 Å². The Bertz CT molecular complexity index is 1080. The zero-order chi connectivity index (χ0) is 21.7. The number of carbonyl (C=O) groups excluding carboxylic acids is 1. The number of thiophene rings is 1. The Morgan fingerprint density at radius 1 is 1.07 bits per heavy atom. The van der Waals surface area contributed by atoms with E-state index in [0.29, 0.717) is 23.9 Å². The molecule has 5 nitrogen and oxygen atoms in total. The van der Waals surface area contributed by atoms with E-state index >= 15 is 0 Å². The van der Waals surface area contributed by atoms with E-state index in [2.05, 4.69) is 0 Å². The number of hydrogen-bond donors (Lipinski definition) is 0. The van der Waals surface area contributed by atoms with Crippen LogP contribution in [0.5, 0.6) is 5.75 Å². The predicted octanol–water partition coefficient (Wildman–Crippen LogP) is 4.95. The van der Waals surface area contributed by atoms with Gasteiger partial charge in [-0.15, -0.1) is 11.3 Å². The summed E-state index contributed by atoms with van der Waals surface area (Å²) in [6.45, 7) is 5.10. The van der Waals surface area contributed by atoms with Crippen LogP contribution in [-0.2, 0) is 16.7 Å². The summed E-state index contributed by atoms with van der Waals surface area (Å²) in [7, 11) is -4.05. The molecule has 0 atom stereocenters. The van der Waals surface area contributed by atoms with Crippen LogP contribution in [0, 0.1) is 11.7 Å². The monoisotopic (exact) mass is 447 g/mol. The van der Waals surface area contributed by atoms with Gasteiger partial charge in [0.15, 0.2) is 0 Å². The van der Waals surface area contributed by atoms with E-state index in [-0.39, 0.29) is 16.6 Å². The lowest BCUT2D eigenvalue weighted by atomic mass is 10.1. The highest BCUT2D eigenvalue weighted by Crippen LogP contribution is 2.21. The van der Waals surface area contributed by atoms with Gasteiger partial charge >= 0.3 is 10.1 Å². The molecule has 1 amide bonds. The molecule has 0 aliphatic carbocycles. The van der Waals surface area contributed by atoms with Gasteiger partial charge in [-0.3, -0.25) is 4.79 Å². The minimum absolute atomic E-state index is 0.0297. The lowest BCUT2D eigenvalue weighted by Crippen LogP contribution is -2.33. The van der Waals surface area contributed by atoms with Gasteiger partial charge in [0, 0.05) is 13.1 Å². The Balaban J connectivity index is 1.72. The van der Waals surface area contributed by atoms with Crippen molar-refractivity contribution in [3.05, 3.63) is 82.3 Å². The second-order valence-corrected chi connectivity index (χ2v) is 9.69. The Morgan fingerprint density at radius 3 is 2.30 bits per heavy atom. The highest BCUT2D eigenvalue weighted by atomic mass is 32.2. The number of amides is 1. The topological polar surface area (TPSA) is 63.7 Å².